The lowest BCUT2D eigenvalue weighted by Gasteiger charge is -2.12. The van der Waals surface area contributed by atoms with Gasteiger partial charge in [-0.1, -0.05) is 49.3 Å². The molecule has 0 bridgehead atoms. The Bertz CT molecular complexity index is 1270. The van der Waals surface area contributed by atoms with Crippen molar-refractivity contribution in [3.05, 3.63) is 83.4 Å². The van der Waals surface area contributed by atoms with Crippen LogP contribution in [0.5, 0.6) is 5.75 Å². The smallest absolute Gasteiger partial charge is 0.234 e. The normalized spacial score (nSPS) is 11.8. The van der Waals surface area contributed by atoms with Crippen molar-refractivity contribution in [2.45, 2.75) is 31.3 Å². The molecule has 3 aromatic carbocycles. The van der Waals surface area contributed by atoms with Crippen LogP contribution >= 0.6 is 23.4 Å². The van der Waals surface area contributed by atoms with Gasteiger partial charge in [0.25, 0.3) is 0 Å². The Kier molecular flexibility index (Phi) is 8.10. The van der Waals surface area contributed by atoms with E-state index in [1.165, 1.54) is 17.3 Å². The lowest BCUT2D eigenvalue weighted by molar-refractivity contribution is -0.113. The van der Waals surface area contributed by atoms with Crippen molar-refractivity contribution in [3.8, 4) is 22.8 Å². The molecule has 0 fully saturated rings. The van der Waals surface area contributed by atoms with E-state index < -0.39 is 0 Å². The van der Waals surface area contributed by atoms with Crippen molar-refractivity contribution >= 4 is 35.0 Å². The zero-order valence-electron chi connectivity index (χ0n) is 19.9. The molecule has 6 nitrogen and oxygen atoms in total. The molecule has 1 N–H and O–H groups in total. The third-order valence-corrected chi connectivity index (χ3v) is 6.96. The number of hydrogen-bond donors (Lipinski definition) is 1. The summed E-state index contributed by atoms with van der Waals surface area (Å²) in [6, 6.07) is 23.1. The molecular weight excluding hydrogens is 480 g/mol. The van der Waals surface area contributed by atoms with Crippen molar-refractivity contribution in [2.75, 3.05) is 18.2 Å². The second-order valence-corrected chi connectivity index (χ2v) is 9.49. The van der Waals surface area contributed by atoms with Gasteiger partial charge in [-0.3, -0.25) is 9.36 Å². The van der Waals surface area contributed by atoms with Gasteiger partial charge in [0.1, 0.15) is 5.75 Å². The maximum absolute atomic E-state index is 12.7. The van der Waals surface area contributed by atoms with E-state index in [1.807, 2.05) is 65.2 Å². The fourth-order valence-electron chi connectivity index (χ4n) is 3.57. The second-order valence-electron chi connectivity index (χ2n) is 8.11. The number of carbonyl (C=O) groups is 1. The molecule has 0 aliphatic rings. The van der Waals surface area contributed by atoms with Crippen LogP contribution in [0.2, 0.25) is 5.02 Å². The minimum Gasteiger partial charge on any atom is -0.497 e. The third kappa shape index (κ3) is 6.05. The Morgan fingerprint density at radius 2 is 1.71 bits per heavy atom. The molecule has 1 amide bonds. The highest BCUT2D eigenvalue weighted by Crippen LogP contribution is 2.30. The highest BCUT2D eigenvalue weighted by atomic mass is 35.5. The largest absolute Gasteiger partial charge is 0.497 e. The first-order chi connectivity index (χ1) is 17.0. The minimum atomic E-state index is -0.108. The Labute approximate surface area is 214 Å². The average Bonchev–Trinajstić information content (AvgIpc) is 3.32. The van der Waals surface area contributed by atoms with E-state index in [1.54, 1.807) is 7.11 Å². The van der Waals surface area contributed by atoms with Crippen LogP contribution in [-0.4, -0.2) is 33.5 Å². The number of anilines is 1. The van der Waals surface area contributed by atoms with Gasteiger partial charge in [0, 0.05) is 22.0 Å². The molecule has 1 atom stereocenters. The molecular formula is C27H27ClN4O2S. The van der Waals surface area contributed by atoms with Crippen molar-refractivity contribution in [1.82, 2.24) is 14.8 Å². The van der Waals surface area contributed by atoms with Gasteiger partial charge in [-0.05, 0) is 78.6 Å². The molecule has 1 aromatic heterocycles. The lowest BCUT2D eigenvalue weighted by Crippen LogP contribution is -2.14. The van der Waals surface area contributed by atoms with E-state index in [2.05, 4.69) is 41.5 Å². The standard InChI is InChI=1S/C27H27ClN4O2S/c1-4-18(2)19-7-11-22(12-8-19)29-25(33)17-35-27-31-30-26(20-5-9-21(28)10-6-20)32(27)23-13-15-24(34-3)16-14-23/h5-16,18H,4,17H2,1-3H3,(H,29,33)/t18-/m0/s1. The Morgan fingerprint density at radius 3 is 2.34 bits per heavy atom. The van der Waals surface area contributed by atoms with Gasteiger partial charge in [0.2, 0.25) is 5.91 Å². The molecule has 180 valence electrons. The number of hydrogen-bond acceptors (Lipinski definition) is 5. The van der Waals surface area contributed by atoms with E-state index in [0.29, 0.717) is 21.9 Å². The van der Waals surface area contributed by atoms with Crippen LogP contribution < -0.4 is 10.1 Å². The molecule has 0 saturated carbocycles. The topological polar surface area (TPSA) is 69.0 Å². The summed E-state index contributed by atoms with van der Waals surface area (Å²) < 4.78 is 7.23. The maximum atomic E-state index is 12.7. The van der Waals surface area contributed by atoms with E-state index >= 15 is 0 Å². The molecule has 4 aromatic rings. The lowest BCUT2D eigenvalue weighted by atomic mass is 9.99. The summed E-state index contributed by atoms with van der Waals surface area (Å²) in [6.45, 7) is 4.36. The van der Waals surface area contributed by atoms with E-state index in [9.17, 15) is 4.79 Å². The van der Waals surface area contributed by atoms with Crippen molar-refractivity contribution in [1.29, 1.82) is 0 Å². The molecule has 8 heteroatoms. The van der Waals surface area contributed by atoms with Crippen LogP contribution in [0.25, 0.3) is 17.1 Å². The second kappa shape index (κ2) is 11.4. The summed E-state index contributed by atoms with van der Waals surface area (Å²) in [6.07, 6.45) is 1.08. The molecule has 0 saturated heterocycles. The van der Waals surface area contributed by atoms with Gasteiger partial charge in [-0.15, -0.1) is 10.2 Å². The first-order valence-corrected chi connectivity index (χ1v) is 12.7. The van der Waals surface area contributed by atoms with Crippen LogP contribution in [0, 0.1) is 0 Å². The van der Waals surface area contributed by atoms with Crippen molar-refractivity contribution < 1.29 is 9.53 Å². The minimum absolute atomic E-state index is 0.108. The molecule has 0 unspecified atom stereocenters. The molecule has 0 spiro atoms. The van der Waals surface area contributed by atoms with Gasteiger partial charge < -0.3 is 10.1 Å². The van der Waals surface area contributed by atoms with Gasteiger partial charge in [-0.25, -0.2) is 0 Å². The van der Waals surface area contributed by atoms with Gasteiger partial charge in [0.05, 0.1) is 12.9 Å². The molecule has 35 heavy (non-hydrogen) atoms. The third-order valence-electron chi connectivity index (χ3n) is 5.77. The predicted octanol–water partition coefficient (Wildman–Crippen LogP) is 6.84. The summed E-state index contributed by atoms with van der Waals surface area (Å²) in [4.78, 5) is 12.7. The van der Waals surface area contributed by atoms with Gasteiger partial charge in [-0.2, -0.15) is 0 Å². The Hall–Kier alpha value is -3.29. The number of carbonyl (C=O) groups excluding carboxylic acids is 1. The molecule has 0 aliphatic carbocycles. The van der Waals surface area contributed by atoms with Crippen LogP contribution in [0.4, 0.5) is 5.69 Å². The molecule has 1 heterocycles. The van der Waals surface area contributed by atoms with Crippen molar-refractivity contribution in [3.63, 3.8) is 0 Å². The molecule has 4 rings (SSSR count). The van der Waals surface area contributed by atoms with Crippen molar-refractivity contribution in [2.24, 2.45) is 0 Å². The number of nitrogens with zero attached hydrogens (tertiary/aromatic N) is 3. The monoisotopic (exact) mass is 506 g/mol. The average molecular weight is 507 g/mol. The van der Waals surface area contributed by atoms with E-state index in [0.717, 1.165) is 29.1 Å². The Morgan fingerprint density at radius 1 is 1.03 bits per heavy atom. The van der Waals surface area contributed by atoms with Crippen LogP contribution in [0.15, 0.2) is 78.0 Å². The first kappa shape index (κ1) is 24.8. The number of aromatic nitrogens is 3. The highest BCUT2D eigenvalue weighted by molar-refractivity contribution is 7.99. The number of thioether (sulfide) groups is 1. The fourth-order valence-corrected chi connectivity index (χ4v) is 4.45. The first-order valence-electron chi connectivity index (χ1n) is 11.4. The Balaban J connectivity index is 1.53. The SMILES string of the molecule is CC[C@H](C)c1ccc(NC(=O)CSc2nnc(-c3ccc(Cl)cc3)n2-c2ccc(OC)cc2)cc1. The number of benzene rings is 3. The summed E-state index contributed by atoms with van der Waals surface area (Å²) in [5.74, 6) is 2.00. The van der Waals surface area contributed by atoms with Crippen LogP contribution in [0.1, 0.15) is 31.7 Å². The summed E-state index contributed by atoms with van der Waals surface area (Å²) in [5, 5.41) is 13.0. The zero-order valence-corrected chi connectivity index (χ0v) is 21.4. The predicted molar refractivity (Wildman–Crippen MR) is 143 cm³/mol. The number of amides is 1. The molecule has 0 aliphatic heterocycles. The summed E-state index contributed by atoms with van der Waals surface area (Å²) >= 11 is 7.40. The summed E-state index contributed by atoms with van der Waals surface area (Å²) in [7, 11) is 1.63. The number of methoxy groups -OCH3 is 1. The molecule has 0 radical (unpaired) electrons. The van der Waals surface area contributed by atoms with Crippen LogP contribution in [-0.2, 0) is 4.79 Å². The van der Waals surface area contributed by atoms with Gasteiger partial charge in [0.15, 0.2) is 11.0 Å². The van der Waals surface area contributed by atoms with E-state index in [-0.39, 0.29) is 11.7 Å². The number of nitrogens with one attached hydrogen (secondary N) is 1. The zero-order chi connectivity index (χ0) is 24.8. The quantitative estimate of drug-likeness (QED) is 0.252. The number of ether oxygens (including phenoxy) is 1. The number of rotatable bonds is 9. The highest BCUT2D eigenvalue weighted by Gasteiger charge is 2.18. The fraction of sp³-hybridized carbons (Fsp3) is 0.222. The van der Waals surface area contributed by atoms with E-state index in [4.69, 9.17) is 16.3 Å². The maximum Gasteiger partial charge on any atom is 0.234 e. The number of halogens is 1. The summed E-state index contributed by atoms with van der Waals surface area (Å²) in [5.41, 5.74) is 3.78. The van der Waals surface area contributed by atoms with Crippen LogP contribution in [0.3, 0.4) is 0 Å². The van der Waals surface area contributed by atoms with Gasteiger partial charge >= 0.3 is 0 Å².